The third-order valence-corrected chi connectivity index (χ3v) is 4.65. The van der Waals surface area contributed by atoms with Crippen molar-refractivity contribution in [3.63, 3.8) is 0 Å². The molecule has 0 saturated heterocycles. The number of aliphatic hydroxyl groups excluding tert-OH is 1. The SMILES string of the molecule is Cc1ccc(-n2[nH]c(C(=O)NC[C@H]3CCCC[C@@H]3O)cc2=O)cc1. The summed E-state index contributed by atoms with van der Waals surface area (Å²) in [5, 5.41) is 15.6. The van der Waals surface area contributed by atoms with Crippen LogP contribution in [0.25, 0.3) is 5.69 Å². The first-order chi connectivity index (χ1) is 11.5. The summed E-state index contributed by atoms with van der Waals surface area (Å²) in [6, 6.07) is 8.77. The molecular formula is C18H23N3O3. The van der Waals surface area contributed by atoms with Crippen LogP contribution in [0.3, 0.4) is 0 Å². The number of rotatable bonds is 4. The van der Waals surface area contributed by atoms with E-state index in [2.05, 4.69) is 10.4 Å². The maximum absolute atomic E-state index is 12.3. The molecule has 1 saturated carbocycles. The van der Waals surface area contributed by atoms with E-state index in [1.807, 2.05) is 31.2 Å². The molecule has 1 heterocycles. The Bertz CT molecular complexity index is 761. The molecule has 1 aromatic carbocycles. The summed E-state index contributed by atoms with van der Waals surface area (Å²) >= 11 is 0. The van der Waals surface area contributed by atoms with Crippen LogP contribution >= 0.6 is 0 Å². The molecule has 1 aromatic heterocycles. The van der Waals surface area contributed by atoms with Crippen molar-refractivity contribution >= 4 is 5.91 Å². The number of aromatic nitrogens is 2. The van der Waals surface area contributed by atoms with Crippen LogP contribution in [-0.4, -0.2) is 33.4 Å². The Morgan fingerprint density at radius 2 is 2.00 bits per heavy atom. The lowest BCUT2D eigenvalue weighted by Gasteiger charge is -2.27. The number of hydrogen-bond acceptors (Lipinski definition) is 3. The molecule has 6 heteroatoms. The van der Waals surface area contributed by atoms with Crippen LogP contribution < -0.4 is 10.9 Å². The summed E-state index contributed by atoms with van der Waals surface area (Å²) in [6.07, 6.45) is 3.48. The Morgan fingerprint density at radius 1 is 1.29 bits per heavy atom. The molecule has 1 amide bonds. The molecule has 6 nitrogen and oxygen atoms in total. The van der Waals surface area contributed by atoms with Gasteiger partial charge in [-0.15, -0.1) is 0 Å². The summed E-state index contributed by atoms with van der Waals surface area (Å²) in [4.78, 5) is 24.4. The number of aliphatic hydroxyl groups is 1. The van der Waals surface area contributed by atoms with Gasteiger partial charge in [-0.2, -0.15) is 0 Å². The quantitative estimate of drug-likeness (QED) is 0.799. The summed E-state index contributed by atoms with van der Waals surface area (Å²) in [5.41, 5.74) is 1.74. The highest BCUT2D eigenvalue weighted by atomic mass is 16.3. The number of carbonyl (C=O) groups is 1. The van der Waals surface area contributed by atoms with Crippen molar-refractivity contribution in [2.45, 2.75) is 38.7 Å². The third kappa shape index (κ3) is 3.59. The van der Waals surface area contributed by atoms with Crippen LogP contribution in [0.1, 0.15) is 41.7 Å². The summed E-state index contributed by atoms with van der Waals surface area (Å²) in [7, 11) is 0. The van der Waals surface area contributed by atoms with Gasteiger partial charge in [0.25, 0.3) is 11.5 Å². The topological polar surface area (TPSA) is 87.1 Å². The molecule has 0 aliphatic heterocycles. The van der Waals surface area contributed by atoms with E-state index in [4.69, 9.17) is 0 Å². The summed E-state index contributed by atoms with van der Waals surface area (Å²) in [5.74, 6) is -0.232. The fraction of sp³-hybridized carbons (Fsp3) is 0.444. The van der Waals surface area contributed by atoms with Gasteiger partial charge in [-0.3, -0.25) is 14.7 Å². The highest BCUT2D eigenvalue weighted by Crippen LogP contribution is 2.23. The van der Waals surface area contributed by atoms with Crippen LogP contribution in [-0.2, 0) is 0 Å². The van der Waals surface area contributed by atoms with Gasteiger partial charge in [-0.1, -0.05) is 30.5 Å². The molecule has 0 spiro atoms. The highest BCUT2D eigenvalue weighted by Gasteiger charge is 2.23. The van der Waals surface area contributed by atoms with Crippen LogP contribution in [0.2, 0.25) is 0 Å². The Kier molecular flexibility index (Phi) is 4.85. The lowest BCUT2D eigenvalue weighted by atomic mass is 9.86. The number of carbonyl (C=O) groups excluding carboxylic acids is 1. The maximum Gasteiger partial charge on any atom is 0.271 e. The zero-order valence-electron chi connectivity index (χ0n) is 13.8. The van der Waals surface area contributed by atoms with Crippen molar-refractivity contribution in [2.24, 2.45) is 5.92 Å². The predicted octanol–water partition coefficient (Wildman–Crippen LogP) is 1.75. The van der Waals surface area contributed by atoms with Gasteiger partial charge in [0.15, 0.2) is 0 Å². The van der Waals surface area contributed by atoms with E-state index in [0.29, 0.717) is 12.2 Å². The molecule has 1 aliphatic carbocycles. The Morgan fingerprint density at radius 3 is 2.71 bits per heavy atom. The number of nitrogens with one attached hydrogen (secondary N) is 2. The minimum atomic E-state index is -0.352. The zero-order chi connectivity index (χ0) is 17.1. The van der Waals surface area contributed by atoms with E-state index in [-0.39, 0.29) is 29.2 Å². The molecule has 3 N–H and O–H groups in total. The summed E-state index contributed by atoms with van der Waals surface area (Å²) < 4.78 is 1.35. The largest absolute Gasteiger partial charge is 0.393 e. The van der Waals surface area contributed by atoms with Crippen LogP contribution in [0.4, 0.5) is 0 Å². The molecule has 0 radical (unpaired) electrons. The highest BCUT2D eigenvalue weighted by molar-refractivity contribution is 5.92. The van der Waals surface area contributed by atoms with Crippen LogP contribution in [0.5, 0.6) is 0 Å². The van der Waals surface area contributed by atoms with Gasteiger partial charge in [0.2, 0.25) is 0 Å². The average Bonchev–Trinajstić information content (AvgIpc) is 2.96. The lowest BCUT2D eigenvalue weighted by Crippen LogP contribution is -2.36. The van der Waals surface area contributed by atoms with E-state index in [9.17, 15) is 14.7 Å². The number of H-pyrrole nitrogens is 1. The number of aromatic amines is 1. The molecule has 24 heavy (non-hydrogen) atoms. The zero-order valence-corrected chi connectivity index (χ0v) is 13.8. The number of benzene rings is 1. The predicted molar refractivity (Wildman–Crippen MR) is 91.4 cm³/mol. The van der Waals surface area contributed by atoms with Crippen molar-refractivity contribution in [2.75, 3.05) is 6.54 Å². The first-order valence-electron chi connectivity index (χ1n) is 8.40. The Balaban J connectivity index is 1.68. The van der Waals surface area contributed by atoms with Gasteiger partial charge < -0.3 is 10.4 Å². The van der Waals surface area contributed by atoms with Gasteiger partial charge in [-0.25, -0.2) is 4.68 Å². The Labute approximate surface area is 140 Å². The fourth-order valence-electron chi connectivity index (χ4n) is 3.14. The number of amides is 1. The van der Waals surface area contributed by atoms with Crippen molar-refractivity contribution in [1.82, 2.24) is 15.1 Å². The second kappa shape index (κ2) is 7.05. The van der Waals surface area contributed by atoms with Crippen molar-refractivity contribution in [3.05, 3.63) is 51.9 Å². The van der Waals surface area contributed by atoms with Crippen molar-refractivity contribution < 1.29 is 9.90 Å². The lowest BCUT2D eigenvalue weighted by molar-refractivity contribution is 0.0661. The first-order valence-corrected chi connectivity index (χ1v) is 8.40. The van der Waals surface area contributed by atoms with Gasteiger partial charge in [0.1, 0.15) is 5.69 Å². The molecule has 0 unspecified atom stereocenters. The number of aryl methyl sites for hydroxylation is 1. The third-order valence-electron chi connectivity index (χ3n) is 4.65. The second-order valence-corrected chi connectivity index (χ2v) is 6.50. The van der Waals surface area contributed by atoms with Crippen LogP contribution in [0.15, 0.2) is 35.1 Å². The standard InChI is InChI=1S/C18H23N3O3/c1-12-6-8-14(9-7-12)21-17(23)10-15(20-21)18(24)19-11-13-4-2-3-5-16(13)22/h6-10,13,16,20,22H,2-5,11H2,1H3,(H,19,24)/t13-,16+/m1/s1. The molecule has 3 rings (SSSR count). The molecular weight excluding hydrogens is 306 g/mol. The molecule has 1 fully saturated rings. The first kappa shape index (κ1) is 16.5. The normalized spacial score (nSPS) is 20.8. The second-order valence-electron chi connectivity index (χ2n) is 6.50. The van der Waals surface area contributed by atoms with Gasteiger partial charge in [0.05, 0.1) is 11.8 Å². The van der Waals surface area contributed by atoms with E-state index in [1.165, 1.54) is 10.7 Å². The minimum Gasteiger partial charge on any atom is -0.393 e. The van der Waals surface area contributed by atoms with E-state index in [0.717, 1.165) is 31.2 Å². The summed E-state index contributed by atoms with van der Waals surface area (Å²) in [6.45, 7) is 2.40. The molecule has 0 bridgehead atoms. The molecule has 2 atom stereocenters. The van der Waals surface area contributed by atoms with Gasteiger partial charge in [0, 0.05) is 18.5 Å². The Hall–Kier alpha value is -2.34. The van der Waals surface area contributed by atoms with E-state index in [1.54, 1.807) is 0 Å². The number of hydrogen-bond donors (Lipinski definition) is 3. The van der Waals surface area contributed by atoms with Crippen molar-refractivity contribution in [3.8, 4) is 5.69 Å². The fourth-order valence-corrected chi connectivity index (χ4v) is 3.14. The molecule has 2 aromatic rings. The number of nitrogens with zero attached hydrogens (tertiary/aromatic N) is 1. The molecule has 1 aliphatic rings. The smallest absolute Gasteiger partial charge is 0.271 e. The monoisotopic (exact) mass is 329 g/mol. The van der Waals surface area contributed by atoms with E-state index < -0.39 is 0 Å². The maximum atomic E-state index is 12.3. The minimum absolute atomic E-state index is 0.0913. The van der Waals surface area contributed by atoms with E-state index >= 15 is 0 Å². The van der Waals surface area contributed by atoms with Gasteiger partial charge >= 0.3 is 0 Å². The molecule has 128 valence electrons. The average molecular weight is 329 g/mol. The van der Waals surface area contributed by atoms with Crippen molar-refractivity contribution in [1.29, 1.82) is 0 Å². The van der Waals surface area contributed by atoms with Gasteiger partial charge in [-0.05, 0) is 31.9 Å². The van der Waals surface area contributed by atoms with Crippen LogP contribution in [0, 0.1) is 12.8 Å².